The number of hydrogen-bond acceptors (Lipinski definition) is 4. The fourth-order valence-electron chi connectivity index (χ4n) is 0.641. The van der Waals surface area contributed by atoms with Crippen LogP contribution in [0.3, 0.4) is 0 Å². The van der Waals surface area contributed by atoms with Crippen molar-refractivity contribution >= 4 is 23.1 Å². The first-order chi connectivity index (χ1) is 4.86. The van der Waals surface area contributed by atoms with E-state index in [1.165, 1.54) is 4.21 Å². The second kappa shape index (κ2) is 3.98. The maximum atomic E-state index is 8.35. The molecule has 0 aromatic carbocycles. The predicted octanol–water partition coefficient (Wildman–Crippen LogP) is 1.95. The molecule has 2 N–H and O–H groups in total. The van der Waals surface area contributed by atoms with Crippen molar-refractivity contribution in [3.8, 4) is 0 Å². The van der Waals surface area contributed by atoms with Crippen molar-refractivity contribution in [2.45, 2.75) is 10.8 Å². The molecule has 10 heavy (non-hydrogen) atoms. The minimum Gasteiger partial charge on any atom is -0.316 e. The highest BCUT2D eigenvalue weighted by atomic mass is 32.2. The van der Waals surface area contributed by atoms with Gasteiger partial charge in [-0.2, -0.15) is 0 Å². The Morgan fingerprint density at radius 3 is 3.00 bits per heavy atom. The van der Waals surface area contributed by atoms with E-state index in [2.05, 4.69) is 11.5 Å². The maximum Gasteiger partial charge on any atom is 0.0599 e. The van der Waals surface area contributed by atoms with Gasteiger partial charge in [0.05, 0.1) is 10.8 Å². The van der Waals surface area contributed by atoms with Gasteiger partial charge < -0.3 is 5.21 Å². The summed E-state index contributed by atoms with van der Waals surface area (Å²) < 4.78 is 1.28. The van der Waals surface area contributed by atoms with Gasteiger partial charge in [-0.05, 0) is 18.4 Å². The van der Waals surface area contributed by atoms with Crippen LogP contribution in [0.15, 0.2) is 16.3 Å². The lowest BCUT2D eigenvalue weighted by atomic mass is 10.5. The average Bonchev–Trinajstić information content (AvgIpc) is 2.37. The fourth-order valence-corrected chi connectivity index (χ4v) is 2.17. The summed E-state index contributed by atoms with van der Waals surface area (Å²) in [5.74, 6) is 0. The van der Waals surface area contributed by atoms with Gasteiger partial charge in [0.25, 0.3) is 0 Å². The molecule has 4 heteroatoms. The summed E-state index contributed by atoms with van der Waals surface area (Å²) in [6.45, 7) is 0.547. The Kier molecular flexibility index (Phi) is 3.21. The lowest BCUT2D eigenvalue weighted by molar-refractivity contribution is 0.162. The highest BCUT2D eigenvalue weighted by molar-refractivity contribution is 8.00. The second-order valence-electron chi connectivity index (χ2n) is 1.76. The van der Waals surface area contributed by atoms with Crippen LogP contribution in [0, 0.1) is 0 Å². The Hall–Kier alpha value is -0.0300. The number of nitrogens with one attached hydrogen (secondary N) is 1. The van der Waals surface area contributed by atoms with Crippen molar-refractivity contribution in [1.82, 2.24) is 5.48 Å². The molecule has 1 rings (SSSR count). The van der Waals surface area contributed by atoms with E-state index in [0.29, 0.717) is 6.54 Å². The van der Waals surface area contributed by atoms with E-state index in [4.69, 9.17) is 5.21 Å². The molecule has 0 fully saturated rings. The number of hydrogen-bond donors (Lipinski definition) is 2. The van der Waals surface area contributed by atoms with E-state index >= 15 is 0 Å². The fraction of sp³-hybridized carbons (Fsp3) is 0.333. The minimum absolute atomic E-state index is 0.547. The van der Waals surface area contributed by atoms with Crippen molar-refractivity contribution in [3.05, 3.63) is 17.0 Å². The van der Waals surface area contributed by atoms with Gasteiger partial charge in [-0.25, -0.2) is 5.48 Å². The molecule has 0 spiro atoms. The SMILES string of the molecule is CSc1ccc(CNO)s1. The Labute approximate surface area is 68.2 Å². The molecule has 0 amide bonds. The van der Waals surface area contributed by atoms with Gasteiger partial charge >= 0.3 is 0 Å². The first-order valence-electron chi connectivity index (χ1n) is 2.86. The third kappa shape index (κ3) is 1.98. The lowest BCUT2D eigenvalue weighted by Gasteiger charge is -1.89. The Balaban J connectivity index is 2.59. The molecule has 1 heterocycles. The third-order valence-corrected chi connectivity index (χ3v) is 3.26. The quantitative estimate of drug-likeness (QED) is 0.544. The third-order valence-electron chi connectivity index (χ3n) is 1.09. The highest BCUT2D eigenvalue weighted by Gasteiger charge is 1.96. The van der Waals surface area contributed by atoms with Crippen LogP contribution < -0.4 is 5.48 Å². The van der Waals surface area contributed by atoms with Crippen LogP contribution in [-0.4, -0.2) is 11.5 Å². The van der Waals surface area contributed by atoms with Gasteiger partial charge in [-0.1, -0.05) is 0 Å². The highest BCUT2D eigenvalue weighted by Crippen LogP contribution is 2.24. The van der Waals surface area contributed by atoms with E-state index in [0.717, 1.165) is 4.88 Å². The molecule has 0 radical (unpaired) electrons. The summed E-state index contributed by atoms with van der Waals surface area (Å²) in [6, 6.07) is 4.07. The van der Waals surface area contributed by atoms with E-state index in [1.807, 2.05) is 12.3 Å². The van der Waals surface area contributed by atoms with Crippen molar-refractivity contribution in [2.24, 2.45) is 0 Å². The lowest BCUT2D eigenvalue weighted by Crippen LogP contribution is -2.03. The van der Waals surface area contributed by atoms with E-state index in [9.17, 15) is 0 Å². The summed E-state index contributed by atoms with van der Waals surface area (Å²) >= 11 is 3.42. The number of rotatable bonds is 3. The average molecular weight is 175 g/mol. The Bertz CT molecular complexity index is 199. The molecule has 0 aliphatic heterocycles. The van der Waals surface area contributed by atoms with Crippen LogP contribution in [-0.2, 0) is 6.54 Å². The van der Waals surface area contributed by atoms with Crippen LogP contribution in [0.4, 0.5) is 0 Å². The van der Waals surface area contributed by atoms with Gasteiger partial charge in [0.1, 0.15) is 0 Å². The number of thiophene rings is 1. The molecule has 56 valence electrons. The summed E-state index contributed by atoms with van der Waals surface area (Å²) in [5.41, 5.74) is 2.12. The zero-order valence-corrected chi connectivity index (χ0v) is 7.26. The maximum absolute atomic E-state index is 8.35. The molecule has 0 aliphatic rings. The molecule has 0 bridgehead atoms. The molecule has 0 atom stereocenters. The number of hydroxylamine groups is 1. The molecule has 1 aromatic heterocycles. The van der Waals surface area contributed by atoms with Gasteiger partial charge in [-0.15, -0.1) is 23.1 Å². The van der Waals surface area contributed by atoms with Crippen LogP contribution in [0.1, 0.15) is 4.88 Å². The molecule has 2 nitrogen and oxygen atoms in total. The summed E-state index contributed by atoms with van der Waals surface area (Å²) in [6.07, 6.45) is 2.04. The monoisotopic (exact) mass is 175 g/mol. The van der Waals surface area contributed by atoms with Crippen LogP contribution >= 0.6 is 23.1 Å². The molecular weight excluding hydrogens is 166 g/mol. The first-order valence-corrected chi connectivity index (χ1v) is 4.90. The minimum atomic E-state index is 0.547. The normalized spacial score (nSPS) is 10.2. The smallest absolute Gasteiger partial charge is 0.0599 e. The molecule has 1 aromatic rings. The summed E-state index contributed by atoms with van der Waals surface area (Å²) in [4.78, 5) is 1.16. The standard InChI is InChI=1S/C6H9NOS2/c1-9-6-3-2-5(10-6)4-7-8/h2-3,7-8H,4H2,1H3. The van der Waals surface area contributed by atoms with Gasteiger partial charge in [0, 0.05) is 4.88 Å². The first kappa shape index (κ1) is 8.07. The Morgan fingerprint density at radius 1 is 1.70 bits per heavy atom. The zero-order chi connectivity index (χ0) is 7.40. The van der Waals surface area contributed by atoms with Crippen molar-refractivity contribution < 1.29 is 5.21 Å². The Morgan fingerprint density at radius 2 is 2.50 bits per heavy atom. The van der Waals surface area contributed by atoms with Crippen molar-refractivity contribution in [2.75, 3.05) is 6.26 Å². The molecule has 0 aliphatic carbocycles. The van der Waals surface area contributed by atoms with Crippen LogP contribution in [0.25, 0.3) is 0 Å². The largest absolute Gasteiger partial charge is 0.316 e. The molecule has 0 saturated carbocycles. The molecular formula is C6H9NOS2. The van der Waals surface area contributed by atoms with E-state index < -0.39 is 0 Å². The number of thioether (sulfide) groups is 1. The van der Waals surface area contributed by atoms with Gasteiger partial charge in [0.15, 0.2) is 0 Å². The molecule has 0 unspecified atom stereocenters. The summed E-state index contributed by atoms with van der Waals surface area (Å²) in [7, 11) is 0. The molecule has 0 saturated heterocycles. The van der Waals surface area contributed by atoms with Gasteiger partial charge in [-0.3, -0.25) is 0 Å². The van der Waals surface area contributed by atoms with E-state index in [-0.39, 0.29) is 0 Å². The van der Waals surface area contributed by atoms with Gasteiger partial charge in [0.2, 0.25) is 0 Å². The van der Waals surface area contributed by atoms with Crippen LogP contribution in [0.2, 0.25) is 0 Å². The summed E-state index contributed by atoms with van der Waals surface area (Å²) in [5, 5.41) is 8.35. The van der Waals surface area contributed by atoms with Crippen molar-refractivity contribution in [1.29, 1.82) is 0 Å². The van der Waals surface area contributed by atoms with Crippen LogP contribution in [0.5, 0.6) is 0 Å². The topological polar surface area (TPSA) is 32.3 Å². The van der Waals surface area contributed by atoms with Crippen molar-refractivity contribution in [3.63, 3.8) is 0 Å². The van der Waals surface area contributed by atoms with E-state index in [1.54, 1.807) is 23.1 Å². The second-order valence-corrected chi connectivity index (χ2v) is 4.03. The zero-order valence-electron chi connectivity index (χ0n) is 5.63. The predicted molar refractivity (Wildman–Crippen MR) is 44.7 cm³/mol.